The van der Waals surface area contributed by atoms with E-state index in [0.29, 0.717) is 17.9 Å². The smallest absolute Gasteiger partial charge is 0.174 e. The van der Waals surface area contributed by atoms with Crippen molar-refractivity contribution in [3.8, 4) is 11.8 Å². The van der Waals surface area contributed by atoms with Crippen molar-refractivity contribution in [2.75, 3.05) is 13.2 Å². The van der Waals surface area contributed by atoms with Gasteiger partial charge in [-0.1, -0.05) is 24.3 Å². The van der Waals surface area contributed by atoms with Gasteiger partial charge in [0, 0.05) is 12.6 Å². The van der Waals surface area contributed by atoms with Gasteiger partial charge in [0.25, 0.3) is 0 Å². The van der Waals surface area contributed by atoms with Crippen LogP contribution in [0.2, 0.25) is 0 Å². The number of hydrogen-bond acceptors (Lipinski definition) is 4. The Morgan fingerprint density at radius 2 is 1.74 bits per heavy atom. The van der Waals surface area contributed by atoms with Crippen molar-refractivity contribution in [3.63, 3.8) is 0 Å². The molecule has 0 amide bonds. The van der Waals surface area contributed by atoms with E-state index in [-0.39, 0.29) is 18.5 Å². The molecule has 0 aliphatic heterocycles. The first-order valence-corrected chi connectivity index (χ1v) is 7.37. The van der Waals surface area contributed by atoms with Gasteiger partial charge in [-0.2, -0.15) is 5.26 Å². The van der Waals surface area contributed by atoms with Crippen LogP contribution in [0.3, 0.4) is 0 Å². The molecule has 2 atom stereocenters. The Morgan fingerprint density at radius 3 is 2.35 bits per heavy atom. The molecule has 0 radical (unpaired) electrons. The number of nitrogens with zero attached hydrogens (tertiary/aromatic N) is 1. The number of hydrogen-bond donors (Lipinski definition) is 2. The molecule has 0 fully saturated rings. The number of halogens is 1. The quantitative estimate of drug-likeness (QED) is 0.824. The van der Waals surface area contributed by atoms with Gasteiger partial charge >= 0.3 is 0 Å². The highest BCUT2D eigenvalue weighted by molar-refractivity contribution is 5.29. The summed E-state index contributed by atoms with van der Waals surface area (Å²) >= 11 is 0. The first kappa shape index (κ1) is 16.9. The zero-order chi connectivity index (χ0) is 16.7. The third-order valence-corrected chi connectivity index (χ3v) is 3.56. The third kappa shape index (κ3) is 5.06. The highest BCUT2D eigenvalue weighted by Gasteiger charge is 2.11. The van der Waals surface area contributed by atoms with Crippen LogP contribution in [0, 0.1) is 17.1 Å². The summed E-state index contributed by atoms with van der Waals surface area (Å²) in [5.74, 6) is 0.329. The van der Waals surface area contributed by atoms with Gasteiger partial charge in [-0.05, 0) is 42.3 Å². The Balaban J connectivity index is 1.87. The van der Waals surface area contributed by atoms with Gasteiger partial charge in [-0.25, -0.2) is 4.39 Å². The maximum Gasteiger partial charge on any atom is 0.174 e. The van der Waals surface area contributed by atoms with E-state index < -0.39 is 6.10 Å². The molecule has 0 aromatic heterocycles. The average Bonchev–Trinajstić information content (AvgIpc) is 2.58. The molecule has 2 unspecified atom stereocenters. The molecule has 0 saturated heterocycles. The highest BCUT2D eigenvalue weighted by Crippen LogP contribution is 2.19. The van der Waals surface area contributed by atoms with Crippen molar-refractivity contribution in [1.82, 2.24) is 5.32 Å². The van der Waals surface area contributed by atoms with Crippen LogP contribution in [0.5, 0.6) is 5.75 Å². The predicted molar refractivity (Wildman–Crippen MR) is 85.3 cm³/mol. The molecular formula is C18H19FN2O2. The van der Waals surface area contributed by atoms with Gasteiger partial charge in [-0.15, -0.1) is 0 Å². The van der Waals surface area contributed by atoms with E-state index in [9.17, 15) is 9.50 Å². The van der Waals surface area contributed by atoms with Crippen molar-refractivity contribution < 1.29 is 14.2 Å². The number of aliphatic hydroxyl groups excluding tert-OH is 1. The lowest BCUT2D eigenvalue weighted by atomic mass is 10.1. The third-order valence-electron chi connectivity index (χ3n) is 3.56. The summed E-state index contributed by atoms with van der Waals surface area (Å²) in [6.07, 6.45) is -0.698. The molecule has 4 nitrogen and oxygen atoms in total. The summed E-state index contributed by atoms with van der Waals surface area (Å²) in [7, 11) is 0. The van der Waals surface area contributed by atoms with Gasteiger partial charge in [0.05, 0.1) is 6.10 Å². The van der Waals surface area contributed by atoms with Crippen LogP contribution in [-0.4, -0.2) is 18.3 Å². The van der Waals surface area contributed by atoms with Crippen molar-refractivity contribution >= 4 is 0 Å². The molecule has 2 aromatic rings. The Bertz CT molecular complexity index is 650. The number of benzene rings is 2. The maximum atomic E-state index is 12.9. The van der Waals surface area contributed by atoms with Crippen LogP contribution in [0.4, 0.5) is 4.39 Å². The van der Waals surface area contributed by atoms with Gasteiger partial charge in [0.2, 0.25) is 0 Å². The van der Waals surface area contributed by atoms with E-state index >= 15 is 0 Å². The molecular weight excluding hydrogens is 295 g/mol. The molecule has 0 spiro atoms. The SMILES string of the molecule is CC(NCC(O)c1ccc(F)cc1)c1ccc(OCC#N)cc1. The van der Waals surface area contributed by atoms with E-state index in [1.165, 1.54) is 12.1 Å². The average molecular weight is 314 g/mol. The Morgan fingerprint density at radius 1 is 1.13 bits per heavy atom. The number of nitrogens with one attached hydrogen (secondary N) is 1. The largest absolute Gasteiger partial charge is 0.479 e. The molecule has 0 aliphatic carbocycles. The highest BCUT2D eigenvalue weighted by atomic mass is 19.1. The van der Waals surface area contributed by atoms with Gasteiger partial charge < -0.3 is 15.2 Å². The van der Waals surface area contributed by atoms with E-state index in [1.54, 1.807) is 24.3 Å². The summed E-state index contributed by atoms with van der Waals surface area (Å²) in [5.41, 5.74) is 1.71. The minimum absolute atomic E-state index is 0.0248. The van der Waals surface area contributed by atoms with E-state index in [1.807, 2.05) is 25.1 Å². The Labute approximate surface area is 135 Å². The summed E-state index contributed by atoms with van der Waals surface area (Å²) < 4.78 is 18.1. The molecule has 5 heteroatoms. The molecule has 2 N–H and O–H groups in total. The molecule has 2 aromatic carbocycles. The molecule has 0 bridgehead atoms. The van der Waals surface area contributed by atoms with Gasteiger partial charge in [0.1, 0.15) is 17.6 Å². The molecule has 0 heterocycles. The predicted octanol–water partition coefficient (Wildman–Crippen LogP) is 3.11. The zero-order valence-corrected chi connectivity index (χ0v) is 12.9. The van der Waals surface area contributed by atoms with E-state index in [2.05, 4.69) is 5.32 Å². The summed E-state index contributed by atoms with van der Waals surface area (Å²) in [5, 5.41) is 21.8. The van der Waals surface area contributed by atoms with Crippen molar-refractivity contribution in [3.05, 3.63) is 65.5 Å². The lowest BCUT2D eigenvalue weighted by Crippen LogP contribution is -2.24. The number of nitriles is 1. The lowest BCUT2D eigenvalue weighted by molar-refractivity contribution is 0.170. The summed E-state index contributed by atoms with van der Waals surface area (Å²) in [4.78, 5) is 0. The lowest BCUT2D eigenvalue weighted by Gasteiger charge is -2.18. The summed E-state index contributed by atoms with van der Waals surface area (Å²) in [6, 6.07) is 15.2. The van der Waals surface area contributed by atoms with Crippen LogP contribution in [0.15, 0.2) is 48.5 Å². The number of rotatable bonds is 7. The van der Waals surface area contributed by atoms with Crippen LogP contribution >= 0.6 is 0 Å². The zero-order valence-electron chi connectivity index (χ0n) is 12.9. The van der Waals surface area contributed by atoms with Crippen molar-refractivity contribution in [1.29, 1.82) is 5.26 Å². The Hall–Kier alpha value is -2.42. The number of aliphatic hydroxyl groups is 1. The molecule has 0 aliphatic rings. The molecule has 23 heavy (non-hydrogen) atoms. The fourth-order valence-corrected chi connectivity index (χ4v) is 2.18. The van der Waals surface area contributed by atoms with Crippen LogP contribution in [-0.2, 0) is 0 Å². The Kier molecular flexibility index (Phi) is 6.10. The van der Waals surface area contributed by atoms with Gasteiger partial charge in [-0.3, -0.25) is 0 Å². The normalized spacial score (nSPS) is 13.1. The fraction of sp³-hybridized carbons (Fsp3) is 0.278. The maximum absolute atomic E-state index is 12.9. The van der Waals surface area contributed by atoms with Crippen LogP contribution in [0.25, 0.3) is 0 Å². The second kappa shape index (κ2) is 8.28. The molecule has 2 rings (SSSR count). The first-order chi connectivity index (χ1) is 11.1. The first-order valence-electron chi connectivity index (χ1n) is 7.37. The fourth-order valence-electron chi connectivity index (χ4n) is 2.18. The monoisotopic (exact) mass is 314 g/mol. The standard InChI is InChI=1S/C18H19FN2O2/c1-13(14-4-8-17(9-5-14)23-11-10-20)21-12-18(22)15-2-6-16(19)7-3-15/h2-9,13,18,21-22H,11-12H2,1H3. The summed E-state index contributed by atoms with van der Waals surface area (Å²) in [6.45, 7) is 2.37. The minimum Gasteiger partial charge on any atom is -0.479 e. The minimum atomic E-state index is -0.698. The molecule has 120 valence electrons. The van der Waals surface area contributed by atoms with E-state index in [0.717, 1.165) is 5.56 Å². The van der Waals surface area contributed by atoms with E-state index in [4.69, 9.17) is 10.00 Å². The van der Waals surface area contributed by atoms with Crippen LogP contribution in [0.1, 0.15) is 30.2 Å². The van der Waals surface area contributed by atoms with Crippen molar-refractivity contribution in [2.45, 2.75) is 19.1 Å². The van der Waals surface area contributed by atoms with Crippen molar-refractivity contribution in [2.24, 2.45) is 0 Å². The second-order valence-electron chi connectivity index (χ2n) is 5.21. The van der Waals surface area contributed by atoms with Gasteiger partial charge in [0.15, 0.2) is 6.61 Å². The molecule has 0 saturated carbocycles. The topological polar surface area (TPSA) is 65.3 Å². The van der Waals surface area contributed by atoms with Crippen LogP contribution < -0.4 is 10.1 Å². The second-order valence-corrected chi connectivity index (χ2v) is 5.21. The number of ether oxygens (including phenoxy) is 1.